The zero-order chi connectivity index (χ0) is 14.1. The summed E-state index contributed by atoms with van der Waals surface area (Å²) in [5, 5.41) is 3.34. The zero-order valence-electron chi connectivity index (χ0n) is 11.8. The Hall–Kier alpha value is -1.61. The van der Waals surface area contributed by atoms with E-state index in [4.69, 9.17) is 4.74 Å². The number of hydrogen-bond donors (Lipinski definition) is 1. The minimum absolute atomic E-state index is 0.300. The van der Waals surface area contributed by atoms with E-state index in [1.165, 1.54) is 11.6 Å². The minimum Gasteiger partial charge on any atom is -0.444 e. The highest BCUT2D eigenvalue weighted by Gasteiger charge is 2.14. The first kappa shape index (κ1) is 15.4. The summed E-state index contributed by atoms with van der Waals surface area (Å²) in [7, 11) is 0. The Morgan fingerprint density at radius 1 is 1.42 bits per heavy atom. The third kappa shape index (κ3) is 6.20. The van der Waals surface area contributed by atoms with Gasteiger partial charge in [-0.3, -0.25) is 5.32 Å². The molecule has 1 N–H and O–H groups in total. The highest BCUT2D eigenvalue weighted by Crippen LogP contribution is 2.08. The van der Waals surface area contributed by atoms with Crippen molar-refractivity contribution in [2.75, 3.05) is 0 Å². The van der Waals surface area contributed by atoms with Crippen molar-refractivity contribution in [1.82, 2.24) is 5.32 Å². The highest BCUT2D eigenvalue weighted by molar-refractivity contribution is 5.81. The summed E-state index contributed by atoms with van der Waals surface area (Å²) in [6.07, 6.45) is 3.96. The lowest BCUT2D eigenvalue weighted by molar-refractivity contribution is -0.143. The molecule has 0 saturated carbocycles. The summed E-state index contributed by atoms with van der Waals surface area (Å²) in [6, 6.07) is 10.6. The molecule has 0 heterocycles. The monoisotopic (exact) mass is 261 g/mol. The van der Waals surface area contributed by atoms with E-state index in [1.807, 2.05) is 25.1 Å². The maximum atomic E-state index is 11.1. The molecule has 0 aromatic heterocycles. The maximum absolute atomic E-state index is 11.1. The third-order valence-corrected chi connectivity index (χ3v) is 2.89. The van der Waals surface area contributed by atoms with E-state index in [2.05, 4.69) is 31.0 Å². The van der Waals surface area contributed by atoms with E-state index in [0.29, 0.717) is 6.04 Å². The van der Waals surface area contributed by atoms with Crippen LogP contribution in [0.5, 0.6) is 0 Å². The van der Waals surface area contributed by atoms with Crippen LogP contribution in [0.3, 0.4) is 0 Å². The molecule has 1 aromatic carbocycles. The van der Waals surface area contributed by atoms with Gasteiger partial charge in [0, 0.05) is 12.1 Å². The van der Waals surface area contributed by atoms with Crippen LogP contribution in [0.1, 0.15) is 32.3 Å². The van der Waals surface area contributed by atoms with Gasteiger partial charge in [-0.15, -0.1) is 0 Å². The van der Waals surface area contributed by atoms with Gasteiger partial charge in [-0.1, -0.05) is 50.3 Å². The fraction of sp³-hybridized carbons (Fsp3) is 0.438. The lowest BCUT2D eigenvalue weighted by Gasteiger charge is -2.23. The van der Waals surface area contributed by atoms with Gasteiger partial charge < -0.3 is 4.74 Å². The fourth-order valence-electron chi connectivity index (χ4n) is 2.08. The molecule has 19 heavy (non-hydrogen) atoms. The molecular weight excluding hydrogens is 238 g/mol. The Kier molecular flexibility index (Phi) is 6.90. The van der Waals surface area contributed by atoms with Crippen LogP contribution in [0.4, 0.5) is 0 Å². The SMILES string of the molecule is C=CC(=O)OC(C)NC(CCC)Cc1ccccc1. The topological polar surface area (TPSA) is 38.3 Å². The van der Waals surface area contributed by atoms with Gasteiger partial charge in [0.25, 0.3) is 0 Å². The van der Waals surface area contributed by atoms with E-state index in [1.54, 1.807) is 0 Å². The van der Waals surface area contributed by atoms with Gasteiger partial charge >= 0.3 is 5.97 Å². The molecule has 0 bridgehead atoms. The second-order valence-corrected chi connectivity index (χ2v) is 4.63. The molecule has 3 nitrogen and oxygen atoms in total. The van der Waals surface area contributed by atoms with Gasteiger partial charge in [0.2, 0.25) is 0 Å². The lowest BCUT2D eigenvalue weighted by atomic mass is 10.0. The van der Waals surface area contributed by atoms with E-state index in [0.717, 1.165) is 19.3 Å². The van der Waals surface area contributed by atoms with E-state index >= 15 is 0 Å². The van der Waals surface area contributed by atoms with Crippen molar-refractivity contribution < 1.29 is 9.53 Å². The molecule has 0 amide bonds. The number of esters is 1. The third-order valence-electron chi connectivity index (χ3n) is 2.89. The standard InChI is InChI=1S/C16H23NO2/c1-4-9-15(12-14-10-7-6-8-11-14)17-13(3)19-16(18)5-2/h5-8,10-11,13,15,17H,2,4,9,12H2,1,3H3. The summed E-state index contributed by atoms with van der Waals surface area (Å²) in [5.74, 6) is -0.394. The van der Waals surface area contributed by atoms with Crippen molar-refractivity contribution >= 4 is 5.97 Å². The zero-order valence-corrected chi connectivity index (χ0v) is 11.8. The van der Waals surface area contributed by atoms with Crippen molar-refractivity contribution in [3.63, 3.8) is 0 Å². The molecule has 2 unspecified atom stereocenters. The van der Waals surface area contributed by atoms with Gasteiger partial charge in [0.15, 0.2) is 6.23 Å². The number of benzene rings is 1. The number of carbonyl (C=O) groups excluding carboxylic acids is 1. The number of rotatable bonds is 8. The molecule has 0 aliphatic heterocycles. The minimum atomic E-state index is -0.394. The largest absolute Gasteiger partial charge is 0.444 e. The first-order valence-electron chi connectivity index (χ1n) is 6.78. The number of ether oxygens (including phenoxy) is 1. The van der Waals surface area contributed by atoms with Crippen LogP contribution in [0.15, 0.2) is 43.0 Å². The van der Waals surface area contributed by atoms with Crippen LogP contribution >= 0.6 is 0 Å². The Morgan fingerprint density at radius 2 is 2.11 bits per heavy atom. The smallest absolute Gasteiger partial charge is 0.331 e. The Morgan fingerprint density at radius 3 is 2.68 bits per heavy atom. The summed E-state index contributed by atoms with van der Waals surface area (Å²) < 4.78 is 5.15. The van der Waals surface area contributed by atoms with E-state index in [9.17, 15) is 4.79 Å². The Labute approximate surface area is 115 Å². The van der Waals surface area contributed by atoms with Gasteiger partial charge in [-0.05, 0) is 25.3 Å². The first-order chi connectivity index (χ1) is 9.15. The average Bonchev–Trinajstić information content (AvgIpc) is 2.39. The Bertz CT molecular complexity index is 389. The summed E-state index contributed by atoms with van der Waals surface area (Å²) in [6.45, 7) is 7.39. The molecule has 0 fully saturated rings. The van der Waals surface area contributed by atoms with Crippen LogP contribution in [0.2, 0.25) is 0 Å². The van der Waals surface area contributed by atoms with Crippen molar-refractivity contribution in [1.29, 1.82) is 0 Å². The van der Waals surface area contributed by atoms with Crippen LogP contribution in [0.25, 0.3) is 0 Å². The molecule has 0 aliphatic rings. The lowest BCUT2D eigenvalue weighted by Crippen LogP contribution is -2.40. The molecule has 0 aliphatic carbocycles. The predicted octanol–water partition coefficient (Wildman–Crippen LogP) is 3.06. The van der Waals surface area contributed by atoms with Crippen molar-refractivity contribution in [3.05, 3.63) is 48.6 Å². The van der Waals surface area contributed by atoms with E-state index < -0.39 is 5.97 Å². The Balaban J connectivity index is 2.52. The highest BCUT2D eigenvalue weighted by atomic mass is 16.6. The number of nitrogens with one attached hydrogen (secondary N) is 1. The first-order valence-corrected chi connectivity index (χ1v) is 6.78. The molecule has 0 spiro atoms. The second kappa shape index (κ2) is 8.48. The maximum Gasteiger partial charge on any atom is 0.331 e. The predicted molar refractivity (Wildman–Crippen MR) is 77.7 cm³/mol. The summed E-state index contributed by atoms with van der Waals surface area (Å²) in [5.41, 5.74) is 1.29. The van der Waals surface area contributed by atoms with Gasteiger partial charge in [0.05, 0.1) is 0 Å². The molecule has 0 saturated heterocycles. The van der Waals surface area contributed by atoms with Crippen LogP contribution in [0, 0.1) is 0 Å². The van der Waals surface area contributed by atoms with Crippen LogP contribution in [-0.2, 0) is 16.0 Å². The molecule has 1 aromatic rings. The summed E-state index contributed by atoms with van der Waals surface area (Å²) in [4.78, 5) is 11.1. The van der Waals surface area contributed by atoms with Crippen molar-refractivity contribution in [2.45, 2.75) is 45.4 Å². The molecule has 3 heteroatoms. The quantitative estimate of drug-likeness (QED) is 0.444. The second-order valence-electron chi connectivity index (χ2n) is 4.63. The van der Waals surface area contributed by atoms with Crippen molar-refractivity contribution in [3.8, 4) is 0 Å². The summed E-state index contributed by atoms with van der Waals surface area (Å²) >= 11 is 0. The van der Waals surface area contributed by atoms with Gasteiger partial charge in [-0.25, -0.2) is 4.79 Å². The van der Waals surface area contributed by atoms with E-state index in [-0.39, 0.29) is 6.23 Å². The van der Waals surface area contributed by atoms with Crippen LogP contribution in [-0.4, -0.2) is 18.2 Å². The molecule has 2 atom stereocenters. The number of carbonyl (C=O) groups is 1. The van der Waals surface area contributed by atoms with Gasteiger partial charge in [0.1, 0.15) is 0 Å². The van der Waals surface area contributed by atoms with Crippen LogP contribution < -0.4 is 5.32 Å². The molecule has 104 valence electrons. The van der Waals surface area contributed by atoms with Gasteiger partial charge in [-0.2, -0.15) is 0 Å². The normalized spacial score (nSPS) is 13.6. The fourth-order valence-corrected chi connectivity index (χ4v) is 2.08. The molecule has 1 rings (SSSR count). The molecular formula is C16H23NO2. The number of hydrogen-bond acceptors (Lipinski definition) is 3. The average molecular weight is 261 g/mol. The van der Waals surface area contributed by atoms with Crippen molar-refractivity contribution in [2.24, 2.45) is 0 Å². The molecule has 0 radical (unpaired) electrons.